The van der Waals surface area contributed by atoms with Gasteiger partial charge in [-0.1, -0.05) is 17.7 Å². The molecule has 0 saturated carbocycles. The summed E-state index contributed by atoms with van der Waals surface area (Å²) >= 11 is 6.22. The number of halogens is 2. The van der Waals surface area contributed by atoms with Crippen LogP contribution in [0.2, 0.25) is 5.02 Å². The van der Waals surface area contributed by atoms with E-state index in [1.807, 2.05) is 45.0 Å². The number of benzene rings is 1. The average Bonchev–Trinajstić information content (AvgIpc) is 2.87. The van der Waals surface area contributed by atoms with E-state index in [4.69, 9.17) is 20.8 Å². The number of furan rings is 1. The van der Waals surface area contributed by atoms with Gasteiger partial charge in [-0.05, 0) is 39.0 Å². The van der Waals surface area contributed by atoms with Crippen LogP contribution in [-0.2, 0) is 4.74 Å². The Morgan fingerprint density at radius 3 is 2.81 bits per heavy atom. The zero-order valence-corrected chi connectivity index (χ0v) is 13.7. The van der Waals surface area contributed by atoms with Gasteiger partial charge in [0.25, 0.3) is 0 Å². The molecular formula is C16H17Cl2NO2. The first-order valence-corrected chi connectivity index (χ1v) is 7.09. The number of aromatic nitrogens is 1. The summed E-state index contributed by atoms with van der Waals surface area (Å²) in [7, 11) is 0. The molecule has 21 heavy (non-hydrogen) atoms. The summed E-state index contributed by atoms with van der Waals surface area (Å²) < 4.78 is 11.6. The molecule has 2 heterocycles. The molecule has 0 aliphatic carbocycles. The zero-order valence-electron chi connectivity index (χ0n) is 12.1. The zero-order chi connectivity index (χ0) is 14.3. The summed E-state index contributed by atoms with van der Waals surface area (Å²) in [4.78, 5) is 4.59. The highest BCUT2D eigenvalue weighted by Crippen LogP contribution is 2.34. The second kappa shape index (κ2) is 6.22. The normalized spacial score (nSPS) is 12.6. The third kappa shape index (κ3) is 2.73. The molecule has 2 aromatic heterocycles. The SMILES string of the molecule is CCOC(C)c1cc2c(C)nc3c(Cl)cccc3c2o1.Cl. The van der Waals surface area contributed by atoms with E-state index in [2.05, 4.69) is 4.98 Å². The third-order valence-corrected chi connectivity index (χ3v) is 3.77. The van der Waals surface area contributed by atoms with Gasteiger partial charge in [-0.2, -0.15) is 0 Å². The number of ether oxygens (including phenoxy) is 1. The molecule has 0 saturated heterocycles. The molecule has 5 heteroatoms. The summed E-state index contributed by atoms with van der Waals surface area (Å²) in [6.45, 7) is 6.58. The van der Waals surface area contributed by atoms with Crippen LogP contribution >= 0.6 is 24.0 Å². The predicted molar refractivity (Wildman–Crippen MR) is 88.6 cm³/mol. The van der Waals surface area contributed by atoms with Crippen LogP contribution in [0.1, 0.15) is 31.4 Å². The number of pyridine rings is 1. The lowest BCUT2D eigenvalue weighted by molar-refractivity contribution is 0.0616. The van der Waals surface area contributed by atoms with Gasteiger partial charge in [0.2, 0.25) is 0 Å². The number of nitrogens with zero attached hydrogens (tertiary/aromatic N) is 1. The van der Waals surface area contributed by atoms with Gasteiger partial charge in [0.1, 0.15) is 17.4 Å². The Morgan fingerprint density at radius 2 is 2.10 bits per heavy atom. The summed E-state index contributed by atoms with van der Waals surface area (Å²) in [6, 6.07) is 7.75. The van der Waals surface area contributed by atoms with Gasteiger partial charge in [-0.15, -0.1) is 12.4 Å². The quantitative estimate of drug-likeness (QED) is 0.641. The Hall–Kier alpha value is -1.29. The number of aryl methyl sites for hydroxylation is 1. The van der Waals surface area contributed by atoms with Crippen LogP contribution in [0.15, 0.2) is 28.7 Å². The van der Waals surface area contributed by atoms with E-state index in [1.165, 1.54) is 0 Å². The van der Waals surface area contributed by atoms with Crippen molar-refractivity contribution in [3.05, 3.63) is 40.7 Å². The Bertz CT molecular complexity index is 783. The molecule has 3 rings (SSSR count). The second-order valence-electron chi connectivity index (χ2n) is 4.82. The van der Waals surface area contributed by atoms with Crippen molar-refractivity contribution in [2.75, 3.05) is 6.61 Å². The van der Waals surface area contributed by atoms with E-state index < -0.39 is 0 Å². The summed E-state index contributed by atoms with van der Waals surface area (Å²) in [5.41, 5.74) is 2.53. The summed E-state index contributed by atoms with van der Waals surface area (Å²) in [6.07, 6.45) is -0.0685. The van der Waals surface area contributed by atoms with E-state index in [9.17, 15) is 0 Å². The minimum atomic E-state index is -0.0685. The van der Waals surface area contributed by atoms with Crippen molar-refractivity contribution in [1.82, 2.24) is 4.98 Å². The van der Waals surface area contributed by atoms with Crippen LogP contribution < -0.4 is 0 Å². The molecule has 3 nitrogen and oxygen atoms in total. The number of para-hydroxylation sites is 1. The minimum Gasteiger partial charge on any atom is -0.458 e. The molecule has 0 N–H and O–H groups in total. The topological polar surface area (TPSA) is 35.3 Å². The minimum absolute atomic E-state index is 0. The lowest BCUT2D eigenvalue weighted by Crippen LogP contribution is -1.97. The molecule has 0 spiro atoms. The first-order chi connectivity index (χ1) is 9.61. The molecular weight excluding hydrogens is 309 g/mol. The molecule has 0 fully saturated rings. The van der Waals surface area contributed by atoms with Crippen molar-refractivity contribution in [2.24, 2.45) is 0 Å². The molecule has 0 bridgehead atoms. The highest BCUT2D eigenvalue weighted by molar-refractivity contribution is 6.35. The van der Waals surface area contributed by atoms with Crippen molar-refractivity contribution < 1.29 is 9.15 Å². The third-order valence-electron chi connectivity index (χ3n) is 3.47. The van der Waals surface area contributed by atoms with Crippen molar-refractivity contribution in [2.45, 2.75) is 26.9 Å². The maximum atomic E-state index is 6.22. The monoisotopic (exact) mass is 325 g/mol. The fourth-order valence-electron chi connectivity index (χ4n) is 2.45. The Kier molecular flexibility index (Phi) is 4.77. The number of hydrogen-bond donors (Lipinski definition) is 0. The van der Waals surface area contributed by atoms with Gasteiger partial charge in [-0.25, -0.2) is 0 Å². The van der Waals surface area contributed by atoms with Gasteiger partial charge in [0.15, 0.2) is 0 Å². The van der Waals surface area contributed by atoms with Crippen LogP contribution in [0.25, 0.3) is 21.9 Å². The molecule has 0 aliphatic heterocycles. The van der Waals surface area contributed by atoms with Gasteiger partial charge in [-0.3, -0.25) is 4.98 Å². The molecule has 1 unspecified atom stereocenters. The molecule has 0 amide bonds. The number of hydrogen-bond acceptors (Lipinski definition) is 3. The van der Waals surface area contributed by atoms with Crippen molar-refractivity contribution in [3.63, 3.8) is 0 Å². The van der Waals surface area contributed by atoms with E-state index in [0.29, 0.717) is 11.6 Å². The summed E-state index contributed by atoms with van der Waals surface area (Å²) in [5.74, 6) is 0.819. The van der Waals surface area contributed by atoms with Crippen molar-refractivity contribution in [3.8, 4) is 0 Å². The first-order valence-electron chi connectivity index (χ1n) is 6.71. The lowest BCUT2D eigenvalue weighted by Gasteiger charge is -2.07. The smallest absolute Gasteiger partial charge is 0.145 e. The van der Waals surface area contributed by atoms with Gasteiger partial charge in [0.05, 0.1) is 10.5 Å². The van der Waals surface area contributed by atoms with Crippen LogP contribution in [0.5, 0.6) is 0 Å². The van der Waals surface area contributed by atoms with Crippen LogP contribution in [0.3, 0.4) is 0 Å². The van der Waals surface area contributed by atoms with E-state index >= 15 is 0 Å². The number of rotatable bonds is 3. The van der Waals surface area contributed by atoms with E-state index in [1.54, 1.807) is 0 Å². The fraction of sp³-hybridized carbons (Fsp3) is 0.312. The maximum absolute atomic E-state index is 6.22. The summed E-state index contributed by atoms with van der Waals surface area (Å²) in [5, 5.41) is 2.60. The van der Waals surface area contributed by atoms with Crippen molar-refractivity contribution >= 4 is 45.9 Å². The van der Waals surface area contributed by atoms with Gasteiger partial charge < -0.3 is 9.15 Å². The maximum Gasteiger partial charge on any atom is 0.145 e. The predicted octanol–water partition coefficient (Wildman–Crippen LogP) is 5.46. The molecule has 1 atom stereocenters. The number of fused-ring (bicyclic) bond motifs is 3. The highest BCUT2D eigenvalue weighted by Gasteiger charge is 2.16. The van der Waals surface area contributed by atoms with Crippen LogP contribution in [0, 0.1) is 6.92 Å². The molecule has 0 aliphatic rings. The van der Waals surface area contributed by atoms with Crippen molar-refractivity contribution in [1.29, 1.82) is 0 Å². The first kappa shape index (κ1) is 16.1. The highest BCUT2D eigenvalue weighted by atomic mass is 35.5. The van der Waals surface area contributed by atoms with E-state index in [-0.39, 0.29) is 18.5 Å². The molecule has 1 aromatic carbocycles. The Balaban J connectivity index is 0.00000161. The fourth-order valence-corrected chi connectivity index (χ4v) is 2.67. The second-order valence-corrected chi connectivity index (χ2v) is 5.23. The standard InChI is InChI=1S/C16H16ClNO2.ClH/c1-4-19-10(3)14-8-12-9(2)18-15-11(16(12)20-14)6-5-7-13(15)17;/h5-8,10H,4H2,1-3H3;1H. The molecule has 0 radical (unpaired) electrons. The Labute approximate surface area is 134 Å². The lowest BCUT2D eigenvalue weighted by atomic mass is 10.1. The average molecular weight is 326 g/mol. The largest absolute Gasteiger partial charge is 0.458 e. The van der Waals surface area contributed by atoms with E-state index in [0.717, 1.165) is 33.3 Å². The van der Waals surface area contributed by atoms with Crippen LogP contribution in [-0.4, -0.2) is 11.6 Å². The van der Waals surface area contributed by atoms with Crippen LogP contribution in [0.4, 0.5) is 0 Å². The Morgan fingerprint density at radius 1 is 1.33 bits per heavy atom. The molecule has 3 aromatic rings. The molecule has 112 valence electrons. The van der Waals surface area contributed by atoms with Gasteiger partial charge >= 0.3 is 0 Å². The van der Waals surface area contributed by atoms with Gasteiger partial charge in [0, 0.05) is 23.1 Å².